The number of para-hydroxylation sites is 3. The molecule has 0 radical (unpaired) electrons. The Morgan fingerprint density at radius 1 is 0.526 bits per heavy atom. The number of anilines is 1. The van der Waals surface area contributed by atoms with Crippen molar-refractivity contribution in [2.75, 3.05) is 4.90 Å². The lowest BCUT2D eigenvalue weighted by molar-refractivity contribution is 0.654. The summed E-state index contributed by atoms with van der Waals surface area (Å²) in [5, 5.41) is 5.17. The van der Waals surface area contributed by atoms with Crippen molar-refractivity contribution in [3.63, 3.8) is 0 Å². The maximum Gasteiger partial charge on any atom is 0.0646 e. The SMILES string of the molecule is C1=CC2C(C(n3c4ccccc4c4cc(-c5ccc6c(c5)c5ccccc5n6C5=CC(c6ccccc6)=CCC5)ccc43)=C1)C1=C(C=CCC1)N2c1ccccc1. The lowest BCUT2D eigenvalue weighted by atomic mass is 9.84. The Hall–Kier alpha value is -6.84. The van der Waals surface area contributed by atoms with Crippen molar-refractivity contribution >= 4 is 66.3 Å². The van der Waals surface area contributed by atoms with Crippen molar-refractivity contribution in [1.29, 1.82) is 0 Å². The van der Waals surface area contributed by atoms with Crippen LogP contribution >= 0.6 is 0 Å². The van der Waals surface area contributed by atoms with Gasteiger partial charge in [0.2, 0.25) is 0 Å². The fraction of sp³-hybridized carbons (Fsp3) is 0.111. The first kappa shape index (κ1) is 32.4. The van der Waals surface area contributed by atoms with Crippen LogP contribution in [0.3, 0.4) is 0 Å². The number of nitrogens with zero attached hydrogens (tertiary/aromatic N) is 3. The molecule has 57 heavy (non-hydrogen) atoms. The van der Waals surface area contributed by atoms with Gasteiger partial charge >= 0.3 is 0 Å². The average Bonchev–Trinajstić information content (AvgIpc) is 3.92. The van der Waals surface area contributed by atoms with Crippen molar-refractivity contribution in [3.8, 4) is 11.1 Å². The van der Waals surface area contributed by atoms with E-state index in [0.717, 1.165) is 25.7 Å². The fourth-order valence-electron chi connectivity index (χ4n) is 10.4. The van der Waals surface area contributed by atoms with Crippen LogP contribution in [-0.4, -0.2) is 15.2 Å². The first-order valence-corrected chi connectivity index (χ1v) is 20.5. The molecule has 0 N–H and O–H groups in total. The largest absolute Gasteiger partial charge is 0.334 e. The zero-order valence-electron chi connectivity index (χ0n) is 31.7. The molecule has 2 aromatic heterocycles. The van der Waals surface area contributed by atoms with Gasteiger partial charge in [0.15, 0.2) is 0 Å². The van der Waals surface area contributed by atoms with Crippen LogP contribution in [0.15, 0.2) is 199 Å². The summed E-state index contributed by atoms with van der Waals surface area (Å²) in [7, 11) is 0. The maximum atomic E-state index is 2.57. The third kappa shape index (κ3) is 4.98. The Labute approximate surface area is 332 Å². The Balaban J connectivity index is 0.982. The lowest BCUT2D eigenvalue weighted by Gasteiger charge is -2.33. The molecule has 0 bridgehead atoms. The number of fused-ring (bicyclic) bond motifs is 8. The molecular formula is C54H41N3. The Bertz CT molecular complexity index is 3120. The Kier molecular flexibility index (Phi) is 7.31. The van der Waals surface area contributed by atoms with Gasteiger partial charge in [-0.3, -0.25) is 0 Å². The molecule has 4 aliphatic rings. The van der Waals surface area contributed by atoms with Gasteiger partial charge in [-0.15, -0.1) is 0 Å². The molecule has 8 aromatic rings. The molecule has 2 atom stereocenters. The molecular weight excluding hydrogens is 691 g/mol. The summed E-state index contributed by atoms with van der Waals surface area (Å²) in [4.78, 5) is 2.57. The smallest absolute Gasteiger partial charge is 0.0646 e. The third-order valence-electron chi connectivity index (χ3n) is 12.8. The molecule has 0 saturated heterocycles. The monoisotopic (exact) mass is 731 g/mol. The minimum Gasteiger partial charge on any atom is -0.334 e. The average molecular weight is 732 g/mol. The van der Waals surface area contributed by atoms with Gasteiger partial charge in [0.05, 0.1) is 28.1 Å². The van der Waals surface area contributed by atoms with Gasteiger partial charge in [-0.25, -0.2) is 0 Å². The second-order valence-corrected chi connectivity index (χ2v) is 15.9. The van der Waals surface area contributed by atoms with Crippen LogP contribution in [0.5, 0.6) is 0 Å². The number of allylic oxidation sites excluding steroid dienone is 8. The highest BCUT2D eigenvalue weighted by molar-refractivity contribution is 6.14. The van der Waals surface area contributed by atoms with Crippen molar-refractivity contribution in [2.24, 2.45) is 5.92 Å². The summed E-state index contributed by atoms with van der Waals surface area (Å²) in [6, 6.07) is 54.1. The zero-order valence-corrected chi connectivity index (χ0v) is 31.7. The van der Waals surface area contributed by atoms with Crippen LogP contribution in [0, 0.1) is 5.92 Å². The van der Waals surface area contributed by atoms with Crippen LogP contribution in [-0.2, 0) is 0 Å². The van der Waals surface area contributed by atoms with Gasteiger partial charge < -0.3 is 14.0 Å². The molecule has 0 amide bonds. The molecule has 272 valence electrons. The van der Waals surface area contributed by atoms with E-state index in [9.17, 15) is 0 Å². The van der Waals surface area contributed by atoms with Crippen LogP contribution in [0.4, 0.5) is 5.69 Å². The summed E-state index contributed by atoms with van der Waals surface area (Å²) in [5.74, 6) is 0.270. The minimum atomic E-state index is 0.231. The first-order valence-electron chi connectivity index (χ1n) is 20.5. The van der Waals surface area contributed by atoms with Crippen molar-refractivity contribution in [3.05, 3.63) is 205 Å². The molecule has 3 heterocycles. The Morgan fingerprint density at radius 2 is 1.16 bits per heavy atom. The molecule has 0 spiro atoms. The highest BCUT2D eigenvalue weighted by atomic mass is 15.2. The predicted molar refractivity (Wildman–Crippen MR) is 241 cm³/mol. The highest BCUT2D eigenvalue weighted by Crippen LogP contribution is 2.50. The normalized spacial score (nSPS) is 19.0. The molecule has 0 saturated carbocycles. The molecule has 0 fully saturated rings. The standard InChI is InChI=1S/C54H41N3/c1-3-15-36(16-4-1)37-17-13-20-41(33-37)56-47-24-10-7-21-42(47)45-34-38(29-31-50(45)56)39-30-32-51-46(35-39)43-22-8-11-25-48(43)57(51)53-28-14-27-52-54(53)44-23-9-12-26-49(44)55(52)40-18-5-2-6-19-40/h1-8,10-12,14-19,21-22,24-35,52,54H,9,13,20,23H2. The predicted octanol–water partition coefficient (Wildman–Crippen LogP) is 13.8. The van der Waals surface area contributed by atoms with Gasteiger partial charge in [0, 0.05) is 50.2 Å². The number of hydrogen-bond acceptors (Lipinski definition) is 1. The van der Waals surface area contributed by atoms with E-state index >= 15 is 0 Å². The van der Waals surface area contributed by atoms with Crippen LogP contribution in [0.2, 0.25) is 0 Å². The van der Waals surface area contributed by atoms with E-state index in [0.29, 0.717) is 0 Å². The van der Waals surface area contributed by atoms with E-state index in [1.807, 2.05) is 0 Å². The quantitative estimate of drug-likeness (QED) is 0.172. The van der Waals surface area contributed by atoms with E-state index < -0.39 is 0 Å². The van der Waals surface area contributed by atoms with Crippen molar-refractivity contribution in [1.82, 2.24) is 9.13 Å². The van der Waals surface area contributed by atoms with Crippen LogP contribution in [0.1, 0.15) is 31.2 Å². The van der Waals surface area contributed by atoms with Gasteiger partial charge in [0.25, 0.3) is 0 Å². The molecule has 3 aliphatic carbocycles. The summed E-state index contributed by atoms with van der Waals surface area (Å²) >= 11 is 0. The summed E-state index contributed by atoms with van der Waals surface area (Å²) in [6.07, 6.45) is 20.8. The first-order chi connectivity index (χ1) is 28.3. The number of benzene rings is 6. The number of aromatic nitrogens is 2. The highest BCUT2D eigenvalue weighted by Gasteiger charge is 2.43. The molecule has 12 rings (SSSR count). The summed E-state index contributed by atoms with van der Waals surface area (Å²) < 4.78 is 5.08. The topological polar surface area (TPSA) is 13.1 Å². The third-order valence-corrected chi connectivity index (χ3v) is 12.8. The second kappa shape index (κ2) is 12.9. The van der Waals surface area contributed by atoms with Gasteiger partial charge in [0.1, 0.15) is 0 Å². The summed E-state index contributed by atoms with van der Waals surface area (Å²) in [6.45, 7) is 0. The minimum absolute atomic E-state index is 0.231. The molecule has 3 nitrogen and oxygen atoms in total. The van der Waals surface area contributed by atoms with E-state index in [2.05, 4.69) is 202 Å². The van der Waals surface area contributed by atoms with E-state index in [1.165, 1.54) is 88.7 Å². The Morgan fingerprint density at radius 3 is 1.89 bits per heavy atom. The fourth-order valence-corrected chi connectivity index (χ4v) is 10.4. The number of hydrogen-bond donors (Lipinski definition) is 0. The van der Waals surface area contributed by atoms with Gasteiger partial charge in [-0.1, -0.05) is 121 Å². The summed E-state index contributed by atoms with van der Waals surface area (Å²) in [5.41, 5.74) is 17.0. The van der Waals surface area contributed by atoms with E-state index in [-0.39, 0.29) is 12.0 Å². The molecule has 3 heteroatoms. The molecule has 2 unspecified atom stereocenters. The van der Waals surface area contributed by atoms with Crippen LogP contribution in [0.25, 0.3) is 71.7 Å². The van der Waals surface area contributed by atoms with E-state index in [1.54, 1.807) is 5.57 Å². The number of rotatable bonds is 5. The maximum absolute atomic E-state index is 2.57. The van der Waals surface area contributed by atoms with Crippen molar-refractivity contribution < 1.29 is 0 Å². The van der Waals surface area contributed by atoms with Gasteiger partial charge in [-0.2, -0.15) is 0 Å². The molecule has 1 aliphatic heterocycles. The lowest BCUT2D eigenvalue weighted by Crippen LogP contribution is -2.34. The van der Waals surface area contributed by atoms with Gasteiger partial charge in [-0.05, 0) is 120 Å². The zero-order chi connectivity index (χ0) is 37.5. The van der Waals surface area contributed by atoms with Crippen LogP contribution < -0.4 is 4.90 Å². The van der Waals surface area contributed by atoms with Crippen molar-refractivity contribution in [2.45, 2.75) is 31.7 Å². The second-order valence-electron chi connectivity index (χ2n) is 15.9. The molecule has 6 aromatic carbocycles. The van der Waals surface area contributed by atoms with E-state index in [4.69, 9.17) is 0 Å².